The van der Waals surface area contributed by atoms with Crippen molar-refractivity contribution in [1.82, 2.24) is 4.31 Å². The van der Waals surface area contributed by atoms with E-state index in [9.17, 15) is 13.2 Å². The molecule has 8 heteroatoms. The van der Waals surface area contributed by atoms with Crippen LogP contribution in [0.3, 0.4) is 0 Å². The van der Waals surface area contributed by atoms with Crippen LogP contribution in [0.25, 0.3) is 11.0 Å². The van der Waals surface area contributed by atoms with E-state index in [-0.39, 0.29) is 18.0 Å². The second-order valence-corrected chi connectivity index (χ2v) is 8.55. The lowest BCUT2D eigenvalue weighted by atomic mass is 10.2. The summed E-state index contributed by atoms with van der Waals surface area (Å²) >= 11 is 0. The lowest BCUT2D eigenvalue weighted by molar-refractivity contribution is 0.138. The number of sulfonamides is 1. The first-order valence-electron chi connectivity index (χ1n) is 9.03. The van der Waals surface area contributed by atoms with Crippen molar-refractivity contribution in [1.29, 1.82) is 0 Å². The highest BCUT2D eigenvalue weighted by atomic mass is 32.2. The van der Waals surface area contributed by atoms with Crippen molar-refractivity contribution in [3.8, 4) is 5.75 Å². The van der Waals surface area contributed by atoms with Gasteiger partial charge in [-0.3, -0.25) is 0 Å². The normalized spacial score (nSPS) is 13.0. The number of fused-ring (bicyclic) bond motifs is 1. The van der Waals surface area contributed by atoms with Gasteiger partial charge in [-0.1, -0.05) is 12.1 Å². The van der Waals surface area contributed by atoms with Gasteiger partial charge < -0.3 is 13.9 Å². The van der Waals surface area contributed by atoms with Crippen molar-refractivity contribution in [3.05, 3.63) is 70.6 Å². The van der Waals surface area contributed by atoms with Gasteiger partial charge in [0.2, 0.25) is 10.0 Å². The smallest absolute Gasteiger partial charge is 0.336 e. The molecule has 0 aliphatic heterocycles. The fourth-order valence-corrected chi connectivity index (χ4v) is 4.74. The fraction of sp³-hybridized carbons (Fsp3) is 0.286. The number of hydrogen-bond acceptors (Lipinski definition) is 6. The van der Waals surface area contributed by atoms with Crippen molar-refractivity contribution in [3.63, 3.8) is 0 Å². The minimum absolute atomic E-state index is 0.115. The Morgan fingerprint density at radius 2 is 1.86 bits per heavy atom. The van der Waals surface area contributed by atoms with Crippen molar-refractivity contribution in [2.24, 2.45) is 0 Å². The monoisotopic (exact) mass is 417 g/mol. The van der Waals surface area contributed by atoms with Crippen LogP contribution in [0.15, 0.2) is 68.7 Å². The van der Waals surface area contributed by atoms with E-state index < -0.39 is 21.7 Å². The molecule has 0 bridgehead atoms. The molecule has 0 aliphatic rings. The van der Waals surface area contributed by atoms with Crippen molar-refractivity contribution in [2.45, 2.75) is 24.4 Å². The lowest BCUT2D eigenvalue weighted by Gasteiger charge is -2.28. The van der Waals surface area contributed by atoms with Crippen LogP contribution >= 0.6 is 0 Å². The van der Waals surface area contributed by atoms with E-state index in [4.69, 9.17) is 13.9 Å². The Kier molecular flexibility index (Phi) is 6.36. The molecule has 3 rings (SSSR count). The lowest BCUT2D eigenvalue weighted by Crippen LogP contribution is -2.40. The molecule has 1 aromatic heterocycles. The van der Waals surface area contributed by atoms with Gasteiger partial charge in [-0.2, -0.15) is 4.31 Å². The van der Waals surface area contributed by atoms with Gasteiger partial charge in [0.25, 0.3) is 0 Å². The molecule has 0 saturated heterocycles. The third kappa shape index (κ3) is 4.67. The number of benzene rings is 2. The van der Waals surface area contributed by atoms with Crippen LogP contribution in [-0.2, 0) is 21.3 Å². The molecule has 3 aromatic rings. The van der Waals surface area contributed by atoms with Crippen LogP contribution in [0.1, 0.15) is 12.5 Å². The zero-order valence-corrected chi connectivity index (χ0v) is 17.3. The highest BCUT2D eigenvalue weighted by Gasteiger charge is 2.29. The standard InChI is InChI=1S/C21H23NO6S/c1-15(14-26-2)22(13-16-5-4-6-18(11-16)27-3)29(24,25)19-8-9-20-17(12-19)7-10-21(23)28-20/h4-12,15H,13-14H2,1-3H3. The Bertz CT molecular complexity index is 1160. The molecule has 1 unspecified atom stereocenters. The summed E-state index contributed by atoms with van der Waals surface area (Å²) in [5.74, 6) is 0.653. The summed E-state index contributed by atoms with van der Waals surface area (Å²) < 4.78 is 43.9. The van der Waals surface area contributed by atoms with E-state index in [0.29, 0.717) is 16.7 Å². The largest absolute Gasteiger partial charge is 0.497 e. The Morgan fingerprint density at radius 3 is 2.59 bits per heavy atom. The maximum absolute atomic E-state index is 13.5. The predicted octanol–water partition coefficient (Wildman–Crippen LogP) is 3.03. The van der Waals surface area contributed by atoms with Gasteiger partial charge in [-0.05, 0) is 48.9 Å². The Hall–Kier alpha value is -2.68. The maximum Gasteiger partial charge on any atom is 0.336 e. The second-order valence-electron chi connectivity index (χ2n) is 6.66. The van der Waals surface area contributed by atoms with E-state index in [2.05, 4.69) is 0 Å². The highest BCUT2D eigenvalue weighted by molar-refractivity contribution is 7.89. The van der Waals surface area contributed by atoms with E-state index in [1.54, 1.807) is 32.2 Å². The van der Waals surface area contributed by atoms with Gasteiger partial charge in [0.15, 0.2) is 0 Å². The molecule has 2 aromatic carbocycles. The molecule has 0 amide bonds. The molecule has 0 radical (unpaired) electrons. The van der Waals surface area contributed by atoms with E-state index in [0.717, 1.165) is 5.56 Å². The van der Waals surface area contributed by atoms with Gasteiger partial charge >= 0.3 is 5.63 Å². The molecule has 0 fully saturated rings. The third-order valence-corrected chi connectivity index (χ3v) is 6.53. The average Bonchev–Trinajstić information content (AvgIpc) is 2.71. The summed E-state index contributed by atoms with van der Waals surface area (Å²) in [7, 11) is -0.752. The SMILES string of the molecule is COCC(C)N(Cc1cccc(OC)c1)S(=O)(=O)c1ccc2oc(=O)ccc2c1. The number of ether oxygens (including phenoxy) is 2. The molecule has 1 heterocycles. The molecule has 29 heavy (non-hydrogen) atoms. The average molecular weight is 417 g/mol. The minimum Gasteiger partial charge on any atom is -0.497 e. The van der Waals surface area contributed by atoms with E-state index in [1.807, 2.05) is 12.1 Å². The van der Waals surface area contributed by atoms with Crippen LogP contribution in [0.5, 0.6) is 5.75 Å². The first-order valence-corrected chi connectivity index (χ1v) is 10.5. The fourth-order valence-electron chi connectivity index (χ4n) is 3.10. The number of hydrogen-bond donors (Lipinski definition) is 0. The molecule has 0 spiro atoms. The molecular weight excluding hydrogens is 394 g/mol. The summed E-state index contributed by atoms with van der Waals surface area (Å²) in [5.41, 5.74) is 0.643. The number of rotatable bonds is 8. The van der Waals surface area contributed by atoms with Gasteiger partial charge in [0.05, 0.1) is 18.6 Å². The summed E-state index contributed by atoms with van der Waals surface area (Å²) in [6.07, 6.45) is 0. The molecule has 0 saturated carbocycles. The zero-order valence-electron chi connectivity index (χ0n) is 16.5. The molecule has 7 nitrogen and oxygen atoms in total. The zero-order chi connectivity index (χ0) is 21.0. The van der Waals surface area contributed by atoms with Crippen LogP contribution in [0.2, 0.25) is 0 Å². The van der Waals surface area contributed by atoms with E-state index >= 15 is 0 Å². The van der Waals surface area contributed by atoms with Gasteiger partial charge in [-0.15, -0.1) is 0 Å². The molecule has 0 N–H and O–H groups in total. The Morgan fingerprint density at radius 1 is 1.07 bits per heavy atom. The van der Waals surface area contributed by atoms with Gasteiger partial charge in [0, 0.05) is 31.1 Å². The molecule has 154 valence electrons. The van der Waals surface area contributed by atoms with Crippen LogP contribution in [0.4, 0.5) is 0 Å². The number of nitrogens with zero attached hydrogens (tertiary/aromatic N) is 1. The van der Waals surface area contributed by atoms with Crippen molar-refractivity contribution < 1.29 is 22.3 Å². The van der Waals surface area contributed by atoms with Gasteiger partial charge in [-0.25, -0.2) is 13.2 Å². The highest BCUT2D eigenvalue weighted by Crippen LogP contribution is 2.25. The topological polar surface area (TPSA) is 86.1 Å². The minimum atomic E-state index is -3.85. The first-order chi connectivity index (χ1) is 13.8. The molecular formula is C21H23NO6S. The predicted molar refractivity (Wildman–Crippen MR) is 110 cm³/mol. The third-order valence-electron chi connectivity index (χ3n) is 4.57. The number of methoxy groups -OCH3 is 2. The van der Waals surface area contributed by atoms with Crippen molar-refractivity contribution in [2.75, 3.05) is 20.8 Å². The Labute approximate surface area is 169 Å². The summed E-state index contributed by atoms with van der Waals surface area (Å²) in [4.78, 5) is 11.5. The van der Waals surface area contributed by atoms with Crippen LogP contribution in [-0.4, -0.2) is 39.6 Å². The summed E-state index contributed by atoms with van der Waals surface area (Å²) in [6.45, 7) is 2.19. The quantitative estimate of drug-likeness (QED) is 0.524. The maximum atomic E-state index is 13.5. The second kappa shape index (κ2) is 8.77. The van der Waals surface area contributed by atoms with Crippen molar-refractivity contribution >= 4 is 21.0 Å². The van der Waals surface area contributed by atoms with E-state index in [1.165, 1.54) is 35.7 Å². The van der Waals surface area contributed by atoms with Gasteiger partial charge in [0.1, 0.15) is 11.3 Å². The molecule has 0 aliphatic carbocycles. The summed E-state index contributed by atoms with van der Waals surface area (Å²) in [6, 6.07) is 14.1. The molecule has 1 atom stereocenters. The Balaban J connectivity index is 2.03. The first kappa shape index (κ1) is 21.0. The van der Waals surface area contributed by atoms with Crippen LogP contribution in [0, 0.1) is 0 Å². The summed E-state index contributed by atoms with van der Waals surface area (Å²) in [5, 5.41) is 0.534. The van der Waals surface area contributed by atoms with Crippen LogP contribution < -0.4 is 10.4 Å².